The molecule has 0 saturated carbocycles. The van der Waals surface area contributed by atoms with Gasteiger partial charge in [0.1, 0.15) is 11.2 Å². The van der Waals surface area contributed by atoms with Gasteiger partial charge in [-0.25, -0.2) is 0 Å². The van der Waals surface area contributed by atoms with Gasteiger partial charge in [-0.3, -0.25) is 9.59 Å². The molecule has 0 amide bonds. The summed E-state index contributed by atoms with van der Waals surface area (Å²) in [5.41, 5.74) is -2.75. The van der Waals surface area contributed by atoms with E-state index in [9.17, 15) is 9.59 Å². The van der Waals surface area contributed by atoms with Gasteiger partial charge in [0.15, 0.2) is 0 Å². The van der Waals surface area contributed by atoms with Crippen LogP contribution in [-0.4, -0.2) is 31.9 Å². The third-order valence-corrected chi connectivity index (χ3v) is 1.89. The smallest absolute Gasteiger partial charge is 0.252 e. The minimum Gasteiger partial charge on any atom is -0.381 e. The third kappa shape index (κ3) is 9.92. The quantitative estimate of drug-likeness (QED) is 0.713. The van der Waals surface area contributed by atoms with Crippen LogP contribution in [-0.2, 0) is 9.59 Å². The minimum atomic E-state index is -1.37. The number of carbonyl (C=O) groups excluding carboxylic acids is 2. The number of carbonyl (C=O) groups is 2. The van der Waals surface area contributed by atoms with E-state index in [1.165, 1.54) is 27.7 Å². The topological polar surface area (TPSA) is 74.6 Å². The summed E-state index contributed by atoms with van der Waals surface area (Å²) in [6, 6.07) is 0. The average Bonchev–Trinajstić information content (AvgIpc) is 1.83. The molecule has 0 spiro atoms. The number of hydrogen-bond donors (Lipinski definition) is 2. The highest BCUT2D eigenvalue weighted by atomic mass is 35.5. The Hall–Kier alpha value is -0.160. The van der Waals surface area contributed by atoms with Crippen LogP contribution in [0.15, 0.2) is 0 Å². The van der Waals surface area contributed by atoms with E-state index in [0.29, 0.717) is 0 Å². The van der Waals surface area contributed by atoms with Crippen LogP contribution in [0.25, 0.3) is 0 Å². The number of rotatable bonds is 2. The fourth-order valence-electron chi connectivity index (χ4n) is 0. The van der Waals surface area contributed by atoms with Crippen molar-refractivity contribution in [3.63, 3.8) is 0 Å². The number of aliphatic hydroxyl groups is 2. The van der Waals surface area contributed by atoms with Crippen molar-refractivity contribution in [2.24, 2.45) is 0 Å². The molecule has 4 nitrogen and oxygen atoms in total. The lowest BCUT2D eigenvalue weighted by atomic mass is 10.2. The monoisotopic (exact) mass is 244 g/mol. The van der Waals surface area contributed by atoms with Gasteiger partial charge in [0.2, 0.25) is 0 Å². The summed E-state index contributed by atoms with van der Waals surface area (Å²) in [7, 11) is 0. The molecule has 0 aliphatic heterocycles. The van der Waals surface area contributed by atoms with Crippen LogP contribution < -0.4 is 0 Å². The second-order valence-electron chi connectivity index (χ2n) is 3.67. The van der Waals surface area contributed by atoms with E-state index in [-0.39, 0.29) is 0 Å². The highest BCUT2D eigenvalue weighted by Crippen LogP contribution is 2.04. The first-order chi connectivity index (χ1) is 5.89. The van der Waals surface area contributed by atoms with Crippen LogP contribution in [0, 0.1) is 0 Å². The molecule has 0 rings (SSSR count). The van der Waals surface area contributed by atoms with Gasteiger partial charge in [0.05, 0.1) is 0 Å². The number of halogens is 2. The highest BCUT2D eigenvalue weighted by Gasteiger charge is 2.20. The molecule has 0 saturated heterocycles. The second kappa shape index (κ2) is 5.66. The van der Waals surface area contributed by atoms with E-state index in [1.807, 2.05) is 0 Å². The fourth-order valence-corrected chi connectivity index (χ4v) is 0. The van der Waals surface area contributed by atoms with Gasteiger partial charge in [-0.1, -0.05) is 0 Å². The zero-order valence-corrected chi connectivity index (χ0v) is 9.98. The van der Waals surface area contributed by atoms with Gasteiger partial charge in [-0.15, -0.1) is 0 Å². The normalized spacial score (nSPS) is 11.4. The standard InChI is InChI=1S/2C4H7ClO2/c2*1-4(2,7)3(5)6/h2*7H,1-2H3. The lowest BCUT2D eigenvalue weighted by Gasteiger charge is -2.07. The molecule has 0 aliphatic rings. The minimum absolute atomic E-state index is 0.729. The first-order valence-electron chi connectivity index (χ1n) is 3.73. The SMILES string of the molecule is CC(C)(O)C(=O)Cl.CC(C)(O)C(=O)Cl. The first-order valence-corrected chi connectivity index (χ1v) is 4.49. The summed E-state index contributed by atoms with van der Waals surface area (Å²) in [6.45, 7) is 5.34. The Bertz CT molecular complexity index is 188. The van der Waals surface area contributed by atoms with Crippen molar-refractivity contribution < 1.29 is 19.8 Å². The van der Waals surface area contributed by atoms with Gasteiger partial charge in [-0.2, -0.15) is 0 Å². The molecule has 0 aromatic heterocycles. The zero-order chi connectivity index (χ0) is 12.2. The van der Waals surface area contributed by atoms with E-state index in [1.54, 1.807) is 0 Å². The zero-order valence-electron chi connectivity index (χ0n) is 8.47. The van der Waals surface area contributed by atoms with Crippen LogP contribution in [0.3, 0.4) is 0 Å². The van der Waals surface area contributed by atoms with Crippen LogP contribution in [0.4, 0.5) is 0 Å². The summed E-state index contributed by atoms with van der Waals surface area (Å²) in [4.78, 5) is 20.0. The Labute approximate surface area is 92.8 Å². The maximum atomic E-state index is 9.98. The Morgan fingerprint density at radius 1 is 0.857 bits per heavy atom. The maximum absolute atomic E-state index is 9.98. The molecule has 2 N–H and O–H groups in total. The van der Waals surface area contributed by atoms with Crippen molar-refractivity contribution in [3.8, 4) is 0 Å². The summed E-state index contributed by atoms with van der Waals surface area (Å²) in [5.74, 6) is 0. The van der Waals surface area contributed by atoms with E-state index in [4.69, 9.17) is 33.4 Å². The Balaban J connectivity index is 0. The van der Waals surface area contributed by atoms with Crippen molar-refractivity contribution in [2.75, 3.05) is 0 Å². The third-order valence-electron chi connectivity index (χ3n) is 0.962. The molecule has 0 aliphatic carbocycles. The predicted molar refractivity (Wildman–Crippen MR) is 54.3 cm³/mol. The van der Waals surface area contributed by atoms with Gasteiger partial charge in [0.25, 0.3) is 10.5 Å². The maximum Gasteiger partial charge on any atom is 0.252 e. The molecule has 0 atom stereocenters. The van der Waals surface area contributed by atoms with Crippen LogP contribution >= 0.6 is 23.2 Å². The lowest BCUT2D eigenvalue weighted by Crippen LogP contribution is -2.26. The van der Waals surface area contributed by atoms with E-state index < -0.39 is 21.7 Å². The van der Waals surface area contributed by atoms with Gasteiger partial charge in [-0.05, 0) is 50.9 Å². The Morgan fingerprint density at radius 3 is 0.929 bits per heavy atom. The molecule has 0 fully saturated rings. The molecule has 0 aromatic rings. The predicted octanol–water partition coefficient (Wildman–Crippen LogP) is 1.05. The Morgan fingerprint density at radius 2 is 0.929 bits per heavy atom. The number of hydrogen-bond acceptors (Lipinski definition) is 4. The van der Waals surface area contributed by atoms with Crippen molar-refractivity contribution in [1.29, 1.82) is 0 Å². The van der Waals surface area contributed by atoms with E-state index >= 15 is 0 Å². The molecule has 0 aromatic carbocycles. The molecule has 6 heteroatoms. The fraction of sp³-hybridized carbons (Fsp3) is 0.750. The first kappa shape index (κ1) is 16.3. The van der Waals surface area contributed by atoms with Crippen molar-refractivity contribution in [3.05, 3.63) is 0 Å². The van der Waals surface area contributed by atoms with Gasteiger partial charge in [0, 0.05) is 0 Å². The lowest BCUT2D eigenvalue weighted by molar-refractivity contribution is -0.125. The average molecular weight is 245 g/mol. The molecule has 14 heavy (non-hydrogen) atoms. The largest absolute Gasteiger partial charge is 0.381 e. The molecular formula is C8H14Cl2O4. The summed E-state index contributed by atoms with van der Waals surface area (Å²) in [6.07, 6.45) is 0. The highest BCUT2D eigenvalue weighted by molar-refractivity contribution is 6.65. The Kier molecular flexibility index (Phi) is 6.58. The van der Waals surface area contributed by atoms with E-state index in [2.05, 4.69) is 0 Å². The molecular weight excluding hydrogens is 231 g/mol. The molecule has 0 bridgehead atoms. The van der Waals surface area contributed by atoms with Gasteiger partial charge >= 0.3 is 0 Å². The van der Waals surface area contributed by atoms with Crippen LogP contribution in [0.1, 0.15) is 27.7 Å². The van der Waals surface area contributed by atoms with Crippen LogP contribution in [0.5, 0.6) is 0 Å². The molecule has 0 radical (unpaired) electrons. The summed E-state index contributed by atoms with van der Waals surface area (Å²) < 4.78 is 0. The van der Waals surface area contributed by atoms with Crippen molar-refractivity contribution in [1.82, 2.24) is 0 Å². The molecule has 0 heterocycles. The van der Waals surface area contributed by atoms with E-state index in [0.717, 1.165) is 0 Å². The molecule has 84 valence electrons. The second-order valence-corrected chi connectivity index (χ2v) is 4.35. The van der Waals surface area contributed by atoms with Crippen molar-refractivity contribution >= 4 is 33.7 Å². The summed E-state index contributed by atoms with van der Waals surface area (Å²) in [5, 5.41) is 15.8. The van der Waals surface area contributed by atoms with Crippen molar-refractivity contribution in [2.45, 2.75) is 38.9 Å². The summed E-state index contributed by atoms with van der Waals surface area (Å²) >= 11 is 9.73. The van der Waals surface area contributed by atoms with Gasteiger partial charge < -0.3 is 10.2 Å². The molecule has 0 unspecified atom stereocenters. The van der Waals surface area contributed by atoms with Crippen LogP contribution in [0.2, 0.25) is 0 Å².